The van der Waals surface area contributed by atoms with Gasteiger partial charge in [0.25, 0.3) is 5.91 Å². The third-order valence-corrected chi connectivity index (χ3v) is 7.22. The van der Waals surface area contributed by atoms with Crippen LogP contribution >= 0.6 is 0 Å². The molecule has 2 aromatic carbocycles. The molecule has 3 fully saturated rings. The van der Waals surface area contributed by atoms with Crippen molar-refractivity contribution in [3.63, 3.8) is 0 Å². The first-order chi connectivity index (χ1) is 15.5. The first-order valence-electron chi connectivity index (χ1n) is 11.5. The molecule has 0 radical (unpaired) electrons. The Kier molecular flexibility index (Phi) is 5.37. The van der Waals surface area contributed by atoms with Crippen molar-refractivity contribution < 1.29 is 14.0 Å². The highest BCUT2D eigenvalue weighted by molar-refractivity contribution is 6.01. The summed E-state index contributed by atoms with van der Waals surface area (Å²) in [4.78, 5) is 30.0. The maximum atomic E-state index is 14.6. The minimum absolute atomic E-state index is 0.0999. The Balaban J connectivity index is 1.53. The van der Waals surface area contributed by atoms with E-state index in [-0.39, 0.29) is 23.7 Å². The lowest BCUT2D eigenvalue weighted by Crippen LogP contribution is -2.49. The SMILES string of the molecule is NC(=O)C1(c2ccc(C(=O)N3CCNCC3c3ccccc3F)c(N3CCCC3)c2)CC1. The zero-order valence-corrected chi connectivity index (χ0v) is 18.1. The van der Waals surface area contributed by atoms with Crippen molar-refractivity contribution in [3.8, 4) is 0 Å². The first-order valence-corrected chi connectivity index (χ1v) is 11.5. The van der Waals surface area contributed by atoms with Crippen LogP contribution < -0.4 is 16.0 Å². The van der Waals surface area contributed by atoms with Crippen molar-refractivity contribution in [1.82, 2.24) is 10.2 Å². The number of primary amides is 1. The molecule has 1 aliphatic carbocycles. The Morgan fingerprint density at radius 1 is 1.06 bits per heavy atom. The number of amides is 2. The second-order valence-electron chi connectivity index (χ2n) is 9.11. The molecule has 0 aromatic heterocycles. The van der Waals surface area contributed by atoms with Gasteiger partial charge in [-0.3, -0.25) is 9.59 Å². The minimum Gasteiger partial charge on any atom is -0.371 e. The lowest BCUT2D eigenvalue weighted by atomic mass is 9.92. The molecule has 1 atom stereocenters. The number of carbonyl (C=O) groups is 2. The van der Waals surface area contributed by atoms with Crippen molar-refractivity contribution in [2.75, 3.05) is 37.6 Å². The molecule has 2 aromatic rings. The molecule has 6 nitrogen and oxygen atoms in total. The molecule has 1 saturated carbocycles. The summed E-state index contributed by atoms with van der Waals surface area (Å²) in [5, 5.41) is 3.29. The molecule has 168 valence electrons. The van der Waals surface area contributed by atoms with Crippen LogP contribution in [0.4, 0.5) is 10.1 Å². The molecule has 2 amide bonds. The Morgan fingerprint density at radius 3 is 2.50 bits per heavy atom. The van der Waals surface area contributed by atoms with E-state index in [0.29, 0.717) is 30.8 Å². The number of benzene rings is 2. The third-order valence-electron chi connectivity index (χ3n) is 7.22. The van der Waals surface area contributed by atoms with Crippen LogP contribution in [0.2, 0.25) is 0 Å². The summed E-state index contributed by atoms with van der Waals surface area (Å²) < 4.78 is 14.6. The summed E-state index contributed by atoms with van der Waals surface area (Å²) in [6, 6.07) is 12.0. The zero-order valence-electron chi connectivity index (χ0n) is 18.1. The summed E-state index contributed by atoms with van der Waals surface area (Å²) in [6.45, 7) is 3.44. The van der Waals surface area contributed by atoms with Gasteiger partial charge >= 0.3 is 0 Å². The molecule has 1 unspecified atom stereocenters. The molecule has 2 heterocycles. The number of nitrogens with one attached hydrogen (secondary N) is 1. The van der Waals surface area contributed by atoms with E-state index in [1.54, 1.807) is 23.1 Å². The van der Waals surface area contributed by atoms with Crippen LogP contribution in [0.5, 0.6) is 0 Å². The van der Waals surface area contributed by atoms with E-state index in [9.17, 15) is 14.0 Å². The fourth-order valence-electron chi connectivity index (χ4n) is 5.16. The second-order valence-corrected chi connectivity index (χ2v) is 9.11. The number of rotatable bonds is 5. The number of nitrogens with two attached hydrogens (primary N) is 1. The highest BCUT2D eigenvalue weighted by Crippen LogP contribution is 2.49. The summed E-state index contributed by atoms with van der Waals surface area (Å²) in [5.41, 5.74) is 8.01. The minimum atomic E-state index is -0.596. The van der Waals surface area contributed by atoms with Gasteiger partial charge in [0.2, 0.25) is 5.91 Å². The normalized spacial score (nSPS) is 22.1. The fourth-order valence-corrected chi connectivity index (χ4v) is 5.16. The van der Waals surface area contributed by atoms with Gasteiger partial charge in [-0.05, 0) is 49.4 Å². The van der Waals surface area contributed by atoms with E-state index >= 15 is 0 Å². The molecular formula is C25H29FN4O2. The van der Waals surface area contributed by atoms with E-state index in [1.165, 1.54) is 6.07 Å². The number of halogens is 1. The topological polar surface area (TPSA) is 78.7 Å². The molecule has 0 bridgehead atoms. The van der Waals surface area contributed by atoms with Gasteiger partial charge < -0.3 is 20.9 Å². The van der Waals surface area contributed by atoms with Crippen molar-refractivity contribution in [2.24, 2.45) is 5.73 Å². The van der Waals surface area contributed by atoms with E-state index in [4.69, 9.17) is 5.73 Å². The van der Waals surface area contributed by atoms with Gasteiger partial charge in [-0.1, -0.05) is 24.3 Å². The van der Waals surface area contributed by atoms with Crippen LogP contribution in [0.25, 0.3) is 0 Å². The van der Waals surface area contributed by atoms with Crippen LogP contribution in [0.15, 0.2) is 42.5 Å². The van der Waals surface area contributed by atoms with Crippen LogP contribution in [0.3, 0.4) is 0 Å². The van der Waals surface area contributed by atoms with E-state index in [0.717, 1.165) is 50.0 Å². The number of piperazine rings is 1. The quantitative estimate of drug-likeness (QED) is 0.756. The number of hydrogen-bond acceptors (Lipinski definition) is 4. The number of nitrogens with zero attached hydrogens (tertiary/aromatic N) is 2. The summed E-state index contributed by atoms with van der Waals surface area (Å²) in [7, 11) is 0. The Labute approximate surface area is 187 Å². The van der Waals surface area contributed by atoms with Crippen LogP contribution in [0.1, 0.15) is 53.2 Å². The average molecular weight is 437 g/mol. The van der Waals surface area contributed by atoms with Crippen molar-refractivity contribution >= 4 is 17.5 Å². The standard InChI is InChI=1S/C25H29FN4O2/c26-20-6-2-1-5-18(20)22-16-28-11-14-30(22)23(31)19-8-7-17(25(9-10-25)24(27)32)15-21(19)29-12-3-4-13-29/h1-2,5-8,15,22,28H,3-4,9-14,16H2,(H2,27,32). The Bertz CT molecular complexity index is 1050. The summed E-state index contributed by atoms with van der Waals surface area (Å²) in [6.07, 6.45) is 3.65. The lowest BCUT2D eigenvalue weighted by molar-refractivity contribution is -0.120. The number of carbonyl (C=O) groups excluding carboxylic acids is 2. The average Bonchev–Trinajstić information content (AvgIpc) is 3.46. The monoisotopic (exact) mass is 436 g/mol. The molecule has 0 spiro atoms. The molecule has 32 heavy (non-hydrogen) atoms. The van der Waals surface area contributed by atoms with Gasteiger partial charge in [0.1, 0.15) is 5.82 Å². The van der Waals surface area contributed by atoms with Crippen LogP contribution in [-0.2, 0) is 10.2 Å². The smallest absolute Gasteiger partial charge is 0.256 e. The highest BCUT2D eigenvalue weighted by Gasteiger charge is 2.50. The molecule has 3 aliphatic rings. The number of anilines is 1. The zero-order chi connectivity index (χ0) is 22.3. The van der Waals surface area contributed by atoms with Gasteiger partial charge in [-0.25, -0.2) is 4.39 Å². The van der Waals surface area contributed by atoms with Gasteiger partial charge in [0, 0.05) is 44.0 Å². The van der Waals surface area contributed by atoms with Crippen LogP contribution in [0, 0.1) is 5.82 Å². The van der Waals surface area contributed by atoms with Gasteiger partial charge in [0.05, 0.1) is 17.0 Å². The molecular weight excluding hydrogens is 407 g/mol. The molecule has 2 saturated heterocycles. The maximum absolute atomic E-state index is 14.6. The molecule has 5 rings (SSSR count). The van der Waals surface area contributed by atoms with E-state index in [2.05, 4.69) is 10.2 Å². The van der Waals surface area contributed by atoms with Crippen LogP contribution in [-0.4, -0.2) is 49.4 Å². The van der Waals surface area contributed by atoms with Crippen molar-refractivity contribution in [3.05, 3.63) is 65.0 Å². The van der Waals surface area contributed by atoms with Gasteiger partial charge in [0.15, 0.2) is 0 Å². The molecule has 2 aliphatic heterocycles. The lowest BCUT2D eigenvalue weighted by Gasteiger charge is -2.37. The van der Waals surface area contributed by atoms with Gasteiger partial charge in [-0.15, -0.1) is 0 Å². The Hall–Kier alpha value is -2.93. The molecule has 7 heteroatoms. The van der Waals surface area contributed by atoms with E-state index < -0.39 is 5.41 Å². The Morgan fingerprint density at radius 2 is 1.81 bits per heavy atom. The highest BCUT2D eigenvalue weighted by atomic mass is 19.1. The summed E-state index contributed by atoms with van der Waals surface area (Å²) in [5.74, 6) is -0.700. The summed E-state index contributed by atoms with van der Waals surface area (Å²) >= 11 is 0. The van der Waals surface area contributed by atoms with Crippen molar-refractivity contribution in [1.29, 1.82) is 0 Å². The third kappa shape index (κ3) is 3.54. The first kappa shape index (κ1) is 20.9. The fraction of sp³-hybridized carbons (Fsp3) is 0.440. The predicted molar refractivity (Wildman–Crippen MR) is 121 cm³/mol. The van der Waals surface area contributed by atoms with Gasteiger partial charge in [-0.2, -0.15) is 0 Å². The predicted octanol–water partition coefficient (Wildman–Crippen LogP) is 2.73. The van der Waals surface area contributed by atoms with Crippen molar-refractivity contribution in [2.45, 2.75) is 37.1 Å². The number of hydrogen-bond donors (Lipinski definition) is 2. The maximum Gasteiger partial charge on any atom is 0.256 e. The molecule has 3 N–H and O–H groups in total. The largest absolute Gasteiger partial charge is 0.371 e. The van der Waals surface area contributed by atoms with E-state index in [1.807, 2.05) is 18.2 Å². The second kappa shape index (κ2) is 8.20.